The number of nitrogens with one attached hydrogen (secondary N) is 2. The number of Topliss-reactive ketones (excluding diaryl/α,β-unsaturated/α-hetero) is 4. The third-order valence-corrected chi connectivity index (χ3v) is 12.7. The monoisotopic (exact) mass is 1450 g/mol. The number of aliphatic imine (C=N–C) groups is 1. The van der Waals surface area contributed by atoms with Crippen molar-refractivity contribution in [3.63, 3.8) is 0 Å². The summed E-state index contributed by atoms with van der Waals surface area (Å²) in [5.74, 6) is 5.69. The second kappa shape index (κ2) is 114. The maximum atomic E-state index is 10.0. The van der Waals surface area contributed by atoms with Crippen LogP contribution in [0.3, 0.4) is 0 Å². The van der Waals surface area contributed by atoms with Crippen molar-refractivity contribution >= 4 is 51.6 Å². The Morgan fingerprint density at radius 3 is 1.07 bits per heavy atom. The van der Waals surface area contributed by atoms with E-state index in [0.29, 0.717) is 18.7 Å². The minimum Gasteiger partial charge on any atom is -0.394 e. The van der Waals surface area contributed by atoms with Gasteiger partial charge in [-0.2, -0.15) is 11.8 Å². The predicted molar refractivity (Wildman–Crippen MR) is 472 cm³/mol. The molecule has 0 spiro atoms. The largest absolute Gasteiger partial charge is 0.394 e. The van der Waals surface area contributed by atoms with E-state index in [1.165, 1.54) is 109 Å². The van der Waals surface area contributed by atoms with Gasteiger partial charge in [-0.3, -0.25) is 4.99 Å². The number of fused-ring (bicyclic) bond motifs is 1. The van der Waals surface area contributed by atoms with Gasteiger partial charge in [0.2, 0.25) is 0 Å². The smallest absolute Gasteiger partial charge is 0.129 e. The number of nitrogens with two attached hydrogens (primary N) is 1. The second-order valence-corrected chi connectivity index (χ2v) is 26.7. The molecule has 0 saturated heterocycles. The zero-order chi connectivity index (χ0) is 82.4. The van der Waals surface area contributed by atoms with Crippen LogP contribution in [0.15, 0.2) is 103 Å². The molecule has 0 bridgehead atoms. The number of carbonyl (C=O) groups excluding carboxylic acids is 4. The first-order valence-electron chi connectivity index (χ1n) is 40.1. The van der Waals surface area contributed by atoms with Gasteiger partial charge in [0.25, 0.3) is 0 Å². The molecule has 5 N–H and O–H groups in total. The van der Waals surface area contributed by atoms with E-state index in [1.807, 2.05) is 72.5 Å². The Kier molecular flexibility index (Phi) is 142. The Balaban J connectivity index is -0.0000000757. The van der Waals surface area contributed by atoms with Crippen molar-refractivity contribution in [2.45, 2.75) is 383 Å². The number of aliphatic hydroxyl groups is 1. The Labute approximate surface area is 643 Å². The summed E-state index contributed by atoms with van der Waals surface area (Å²) in [4.78, 5) is 53.8. The molecule has 0 amide bonds. The summed E-state index contributed by atoms with van der Waals surface area (Å²) in [6.45, 7) is 72.0. The fraction of sp³-hybridized carbons (Fsp3) is 0.692. The highest BCUT2D eigenvalue weighted by molar-refractivity contribution is 7.98. The number of aromatic amines is 2. The van der Waals surface area contributed by atoms with Crippen molar-refractivity contribution in [1.29, 1.82) is 0 Å². The van der Waals surface area contributed by atoms with Gasteiger partial charge in [-0.15, -0.1) is 0 Å². The van der Waals surface area contributed by atoms with E-state index in [1.54, 1.807) is 47.9 Å². The van der Waals surface area contributed by atoms with Gasteiger partial charge in [0.15, 0.2) is 0 Å². The first-order valence-corrected chi connectivity index (χ1v) is 41.5. The van der Waals surface area contributed by atoms with Gasteiger partial charge in [0, 0.05) is 67.3 Å². The molecule has 2 aromatic heterocycles. The van der Waals surface area contributed by atoms with Gasteiger partial charge in [0.05, 0.1) is 12.2 Å². The predicted octanol–water partition coefficient (Wildman–Crippen LogP) is 28.8. The van der Waals surface area contributed by atoms with Gasteiger partial charge < -0.3 is 40.0 Å². The summed E-state index contributed by atoms with van der Waals surface area (Å²) in [7, 11) is 0. The minimum absolute atomic E-state index is 0.167. The van der Waals surface area contributed by atoms with Crippen LogP contribution in [0.2, 0.25) is 0 Å². The lowest BCUT2D eigenvalue weighted by Gasteiger charge is -1.94. The van der Waals surface area contributed by atoms with Crippen LogP contribution in [0.1, 0.15) is 373 Å². The van der Waals surface area contributed by atoms with Crippen LogP contribution in [0.5, 0.6) is 0 Å². The van der Waals surface area contributed by atoms with Crippen molar-refractivity contribution in [3.8, 4) is 0 Å². The lowest BCUT2D eigenvalue weighted by molar-refractivity contribution is -0.117. The molecule has 0 saturated carbocycles. The number of nitrogens with zero attached hydrogens (tertiary/aromatic N) is 2. The molecule has 11 heteroatoms. The van der Waals surface area contributed by atoms with E-state index in [9.17, 15) is 19.2 Å². The third-order valence-electron chi connectivity index (χ3n) is 11.8. The van der Waals surface area contributed by atoms with Crippen molar-refractivity contribution in [2.24, 2.45) is 28.5 Å². The van der Waals surface area contributed by atoms with Crippen molar-refractivity contribution in [3.05, 3.63) is 126 Å². The molecule has 102 heavy (non-hydrogen) atoms. The number of imidazole rings is 1. The van der Waals surface area contributed by atoms with Gasteiger partial charge in [-0.05, 0) is 159 Å². The maximum Gasteiger partial charge on any atom is 0.129 e. The van der Waals surface area contributed by atoms with Gasteiger partial charge in [-0.1, -0.05) is 323 Å². The summed E-state index contributed by atoms with van der Waals surface area (Å²) < 4.78 is 0. The molecule has 5 rings (SSSR count). The Morgan fingerprint density at radius 2 is 0.853 bits per heavy atom. The van der Waals surface area contributed by atoms with Crippen LogP contribution >= 0.6 is 11.8 Å². The summed E-state index contributed by atoms with van der Waals surface area (Å²) in [5, 5.41) is 9.41. The minimum atomic E-state index is -0.167. The molecule has 5 aromatic rings. The van der Waals surface area contributed by atoms with Gasteiger partial charge in [-0.25, -0.2) is 4.98 Å². The normalized spacial score (nSPS) is 9.01. The van der Waals surface area contributed by atoms with Crippen molar-refractivity contribution in [1.82, 2.24) is 15.0 Å². The lowest BCUT2D eigenvalue weighted by atomic mass is 10.1. The lowest BCUT2D eigenvalue weighted by Crippen LogP contribution is -2.05. The summed E-state index contributed by atoms with van der Waals surface area (Å²) in [6.07, 6.45) is 31.1. The zero-order valence-corrected chi connectivity index (χ0v) is 75.6. The number of hydrogen-bond donors (Lipinski definition) is 4. The molecule has 604 valence electrons. The Hall–Kier alpha value is -5.13. The third kappa shape index (κ3) is 162. The zero-order valence-electron chi connectivity index (χ0n) is 74.8. The molecule has 2 heterocycles. The number of thioether (sulfide) groups is 1. The van der Waals surface area contributed by atoms with Crippen molar-refractivity contribution in [2.75, 3.05) is 18.6 Å². The number of benzene rings is 3. The average Bonchev–Trinajstić information content (AvgIpc) is 1.70. The highest BCUT2D eigenvalue weighted by Gasteiger charge is 1.98. The second-order valence-electron chi connectivity index (χ2n) is 25.8. The summed E-state index contributed by atoms with van der Waals surface area (Å²) in [5.41, 5.74) is 13.3. The van der Waals surface area contributed by atoms with Crippen LogP contribution in [0.25, 0.3) is 10.9 Å². The number of rotatable bonds is 20. The molecule has 10 nitrogen and oxygen atoms in total. The number of aromatic nitrogens is 3. The van der Waals surface area contributed by atoms with Gasteiger partial charge >= 0.3 is 0 Å². The number of aryl methyl sites for hydroxylation is 5. The molecule has 0 atom stereocenters. The average molecular weight is 1460 g/mol. The van der Waals surface area contributed by atoms with E-state index in [-0.39, 0.29) is 29.2 Å². The fourth-order valence-corrected chi connectivity index (χ4v) is 5.67. The van der Waals surface area contributed by atoms with Crippen LogP contribution in [0.4, 0.5) is 0 Å². The molecule has 0 fully saturated rings. The first-order chi connectivity index (χ1) is 48.1. The number of para-hydroxylation sites is 1. The molecular weight excluding hydrogens is 1280 g/mol. The van der Waals surface area contributed by atoms with E-state index in [4.69, 9.17) is 10.8 Å². The van der Waals surface area contributed by atoms with E-state index in [0.717, 1.165) is 82.1 Å². The molecule has 0 aliphatic rings. The number of H-pyrrole nitrogens is 2. The summed E-state index contributed by atoms with van der Waals surface area (Å²) >= 11 is 1.90. The van der Waals surface area contributed by atoms with Gasteiger partial charge in [0.1, 0.15) is 23.1 Å². The van der Waals surface area contributed by atoms with Crippen LogP contribution in [0, 0.1) is 24.7 Å². The molecule has 3 aromatic carbocycles. The van der Waals surface area contributed by atoms with Crippen LogP contribution < -0.4 is 5.73 Å². The van der Waals surface area contributed by atoms with E-state index < -0.39 is 0 Å². The first kappa shape index (κ1) is 127. The maximum absolute atomic E-state index is 10.0. The number of amidine groups is 1. The molecule has 0 radical (unpaired) electrons. The number of carbonyl (C=O) groups is 4. The highest BCUT2D eigenvalue weighted by atomic mass is 32.2. The van der Waals surface area contributed by atoms with Crippen LogP contribution in [-0.2, 0) is 44.9 Å². The quantitative estimate of drug-likeness (QED) is 0.0339. The highest BCUT2D eigenvalue weighted by Crippen LogP contribution is 2.17. The Morgan fingerprint density at radius 1 is 0.500 bits per heavy atom. The Bertz CT molecular complexity index is 2210. The van der Waals surface area contributed by atoms with Crippen LogP contribution in [-0.4, -0.2) is 73.7 Å². The molecule has 0 aliphatic heterocycles. The fourth-order valence-electron chi connectivity index (χ4n) is 5.26. The van der Waals surface area contributed by atoms with E-state index >= 15 is 0 Å². The molecule has 0 aliphatic carbocycles. The molecule has 0 unspecified atom stereocenters. The summed E-state index contributed by atoms with van der Waals surface area (Å²) in [6, 6.07) is 27.5. The SMILES string of the molecule is CC.CC(C)C.CC(C)O.CCC.CCC.CCC(C)=O.CCC(C)=O.CCC(C)C.CCC(C)C.CCCC(C)=O.CCCC(C)=O.CCCCCC.CCCCN=C(C)N.CCCSC.CCc1c[nH]c2ccccc12.CCc1ccc(C)cc1.CCc1ccccc1.CCc1cnc[nH]1. The topological polar surface area (TPSA) is 171 Å². The number of unbranched alkanes of at least 4 members (excludes halogenated alkanes) is 4. The molecular formula is C91H179N5O5S. The van der Waals surface area contributed by atoms with E-state index in [2.05, 4.69) is 258 Å². The number of aliphatic hydroxyl groups excluding tert-OH is 1. The van der Waals surface area contributed by atoms with Crippen molar-refractivity contribution < 1.29 is 24.3 Å². The number of hydrogen-bond acceptors (Lipinski definition) is 8. The number of ketones is 4. The standard InChI is InChI=1S/C10H11N.C9H12.C8H10.C6H14N2.C6H14.C5H8N2.2C5H10O.2C5H12.2C4H8O.C4H10S.C4H10.C3H8O.2C3H8.C2H6/c1-2-8-7-11-10-6-4-3-5-9(8)10;1-3-9-6-4-8(2)5-7-9;1-2-8-6-4-3-5-7-8;1-3-4-5-8-6(2)7;1-3-5-6-4-2;1-2-5-3-6-4-7-5;2*1-3-4-5(2)6;2*1-4-5(2)3;2*1-3-4(2)5;1-3-4-5-2;1-4(2)3;1-3(2)4;2*1-3-2;1-2/h3-7,11H,2H2,1H3;4-7H,3H2,1-2H3;3-7H,2H2,1H3;3-5H2,1-2H3,(H2,7,8);3-6H2,1-2H3;3-4H,2H2,1H3,(H,6,7);2*3-4H2,1-2H3;2*5H,4H2,1-3H3;2*3H2,1-2H3;3-4H2,1-2H3;4H,1-3H3;3-4H,1-2H3;2*3H2,1-2H3;1-2H3.